The van der Waals surface area contributed by atoms with Crippen molar-refractivity contribution in [3.63, 3.8) is 0 Å². The third-order valence-electron chi connectivity index (χ3n) is 4.16. The molecular weight excluding hydrogens is 271 g/mol. The van der Waals surface area contributed by atoms with Crippen LogP contribution >= 0.6 is 0 Å². The number of hydrogen-bond acceptors (Lipinski definition) is 3. The van der Waals surface area contributed by atoms with Crippen molar-refractivity contribution in [3.8, 4) is 5.75 Å². The fourth-order valence-corrected chi connectivity index (χ4v) is 2.87. The predicted octanol–water partition coefficient (Wildman–Crippen LogP) is 2.04. The molecule has 1 aromatic rings. The van der Waals surface area contributed by atoms with E-state index in [4.69, 9.17) is 10.5 Å². The summed E-state index contributed by atoms with van der Waals surface area (Å²) in [7, 11) is 1.79. The van der Waals surface area contributed by atoms with Gasteiger partial charge in [-0.25, -0.2) is 4.39 Å². The smallest absolute Gasteiger partial charge is 0.225 e. The van der Waals surface area contributed by atoms with Gasteiger partial charge in [-0.05, 0) is 49.6 Å². The number of nitrogens with two attached hydrogens (primary N) is 1. The summed E-state index contributed by atoms with van der Waals surface area (Å²) in [5.41, 5.74) is 5.72. The maximum Gasteiger partial charge on any atom is 0.225 e. The van der Waals surface area contributed by atoms with Crippen molar-refractivity contribution >= 4 is 5.91 Å². The van der Waals surface area contributed by atoms with Crippen LogP contribution < -0.4 is 10.5 Å². The molecule has 1 aromatic carbocycles. The van der Waals surface area contributed by atoms with Crippen LogP contribution in [0, 0.1) is 17.7 Å². The van der Waals surface area contributed by atoms with Crippen molar-refractivity contribution in [1.29, 1.82) is 0 Å². The van der Waals surface area contributed by atoms with Crippen molar-refractivity contribution in [1.82, 2.24) is 4.90 Å². The van der Waals surface area contributed by atoms with Crippen LogP contribution in [0.1, 0.15) is 19.3 Å². The Bertz CT molecular complexity index is 464. The molecule has 0 aliphatic heterocycles. The van der Waals surface area contributed by atoms with Gasteiger partial charge in [-0.3, -0.25) is 4.79 Å². The molecular formula is C16H23FN2O2. The number of hydrogen-bond donors (Lipinski definition) is 1. The zero-order valence-corrected chi connectivity index (χ0v) is 12.4. The number of benzene rings is 1. The molecule has 1 amide bonds. The van der Waals surface area contributed by atoms with Gasteiger partial charge in [0, 0.05) is 13.0 Å². The standard InChI is InChI=1S/C16H23FN2O2/c1-19(16(20)15-4-2-3-12(15)11-18)9-10-21-14-7-5-13(17)6-8-14/h5-8,12,15H,2-4,9-11,18H2,1H3/t12-,15-/m1/s1. The van der Waals surface area contributed by atoms with Gasteiger partial charge in [-0.15, -0.1) is 0 Å². The van der Waals surface area contributed by atoms with Gasteiger partial charge in [0.15, 0.2) is 0 Å². The lowest BCUT2D eigenvalue weighted by Gasteiger charge is -2.24. The molecule has 1 aliphatic carbocycles. The van der Waals surface area contributed by atoms with Crippen molar-refractivity contribution in [2.75, 3.05) is 26.7 Å². The molecule has 116 valence electrons. The third kappa shape index (κ3) is 4.17. The van der Waals surface area contributed by atoms with Gasteiger partial charge in [0.05, 0.1) is 6.54 Å². The zero-order chi connectivity index (χ0) is 15.2. The minimum Gasteiger partial charge on any atom is -0.492 e. The molecule has 4 nitrogen and oxygen atoms in total. The highest BCUT2D eigenvalue weighted by atomic mass is 19.1. The van der Waals surface area contributed by atoms with Gasteiger partial charge < -0.3 is 15.4 Å². The summed E-state index contributed by atoms with van der Waals surface area (Å²) in [5, 5.41) is 0. The first kappa shape index (κ1) is 15.8. The van der Waals surface area contributed by atoms with Gasteiger partial charge in [-0.1, -0.05) is 6.42 Å². The zero-order valence-electron chi connectivity index (χ0n) is 12.4. The van der Waals surface area contributed by atoms with Gasteiger partial charge >= 0.3 is 0 Å². The molecule has 0 heterocycles. The highest BCUT2D eigenvalue weighted by molar-refractivity contribution is 5.79. The van der Waals surface area contributed by atoms with E-state index in [1.54, 1.807) is 24.1 Å². The normalized spacial score (nSPS) is 21.3. The number of rotatable bonds is 6. The lowest BCUT2D eigenvalue weighted by molar-refractivity contribution is -0.135. The van der Waals surface area contributed by atoms with Gasteiger partial charge in [0.1, 0.15) is 18.2 Å². The van der Waals surface area contributed by atoms with Crippen LogP contribution in [0.4, 0.5) is 4.39 Å². The summed E-state index contributed by atoms with van der Waals surface area (Å²) in [6.07, 6.45) is 3.06. The SMILES string of the molecule is CN(CCOc1ccc(F)cc1)C(=O)[C@@H]1CCC[C@@H]1CN. The lowest BCUT2D eigenvalue weighted by Crippen LogP contribution is -2.38. The molecule has 0 spiro atoms. The van der Waals surface area contributed by atoms with Crippen molar-refractivity contribution in [2.45, 2.75) is 19.3 Å². The number of amides is 1. The van der Waals surface area contributed by atoms with E-state index in [-0.39, 0.29) is 17.6 Å². The Morgan fingerprint density at radius 1 is 1.38 bits per heavy atom. The Morgan fingerprint density at radius 2 is 2.10 bits per heavy atom. The second-order valence-corrected chi connectivity index (χ2v) is 5.60. The molecule has 21 heavy (non-hydrogen) atoms. The molecule has 0 saturated heterocycles. The van der Waals surface area contributed by atoms with Crippen LogP contribution in [-0.2, 0) is 4.79 Å². The Hall–Kier alpha value is -1.62. The van der Waals surface area contributed by atoms with E-state index in [2.05, 4.69) is 0 Å². The highest BCUT2D eigenvalue weighted by Crippen LogP contribution is 2.32. The van der Waals surface area contributed by atoms with Gasteiger partial charge in [-0.2, -0.15) is 0 Å². The first-order valence-corrected chi connectivity index (χ1v) is 7.45. The topological polar surface area (TPSA) is 55.6 Å². The maximum absolute atomic E-state index is 12.8. The monoisotopic (exact) mass is 294 g/mol. The van der Waals surface area contributed by atoms with E-state index in [9.17, 15) is 9.18 Å². The summed E-state index contributed by atoms with van der Waals surface area (Å²) >= 11 is 0. The number of carbonyl (C=O) groups excluding carboxylic acids is 1. The minimum atomic E-state index is -0.288. The van der Waals surface area contributed by atoms with Crippen LogP contribution in [0.3, 0.4) is 0 Å². The Morgan fingerprint density at radius 3 is 2.76 bits per heavy atom. The largest absolute Gasteiger partial charge is 0.492 e. The number of ether oxygens (including phenoxy) is 1. The van der Waals surface area contributed by atoms with E-state index in [1.165, 1.54) is 12.1 Å². The van der Waals surface area contributed by atoms with E-state index in [0.29, 0.717) is 31.4 Å². The molecule has 2 rings (SSSR count). The number of carbonyl (C=O) groups is 1. The molecule has 0 aromatic heterocycles. The fourth-order valence-electron chi connectivity index (χ4n) is 2.87. The first-order chi connectivity index (χ1) is 10.1. The molecule has 0 bridgehead atoms. The lowest BCUT2D eigenvalue weighted by atomic mass is 9.95. The Kier molecular flexibility index (Phi) is 5.56. The predicted molar refractivity (Wildman–Crippen MR) is 79.4 cm³/mol. The summed E-state index contributed by atoms with van der Waals surface area (Å²) < 4.78 is 18.3. The van der Waals surface area contributed by atoms with Crippen LogP contribution in [0.25, 0.3) is 0 Å². The van der Waals surface area contributed by atoms with Crippen LogP contribution in [0.2, 0.25) is 0 Å². The summed E-state index contributed by atoms with van der Waals surface area (Å²) in [6.45, 7) is 1.49. The molecule has 1 saturated carbocycles. The second-order valence-electron chi connectivity index (χ2n) is 5.60. The van der Waals surface area contributed by atoms with Crippen molar-refractivity contribution < 1.29 is 13.9 Å². The van der Waals surface area contributed by atoms with Gasteiger partial charge in [0.25, 0.3) is 0 Å². The van der Waals surface area contributed by atoms with E-state index < -0.39 is 0 Å². The fraction of sp³-hybridized carbons (Fsp3) is 0.562. The van der Waals surface area contributed by atoms with Crippen LogP contribution in [0.5, 0.6) is 5.75 Å². The van der Waals surface area contributed by atoms with Crippen molar-refractivity contribution in [3.05, 3.63) is 30.1 Å². The van der Waals surface area contributed by atoms with Crippen LogP contribution in [-0.4, -0.2) is 37.6 Å². The second kappa shape index (κ2) is 7.41. The number of nitrogens with zero attached hydrogens (tertiary/aromatic N) is 1. The highest BCUT2D eigenvalue weighted by Gasteiger charge is 2.33. The number of halogens is 1. The molecule has 0 radical (unpaired) electrons. The Balaban J connectivity index is 1.77. The van der Waals surface area contributed by atoms with Gasteiger partial charge in [0.2, 0.25) is 5.91 Å². The molecule has 0 unspecified atom stereocenters. The first-order valence-electron chi connectivity index (χ1n) is 7.45. The Labute approximate surface area is 125 Å². The molecule has 2 N–H and O–H groups in total. The van der Waals surface area contributed by atoms with E-state index >= 15 is 0 Å². The summed E-state index contributed by atoms with van der Waals surface area (Å²) in [4.78, 5) is 14.1. The quantitative estimate of drug-likeness (QED) is 0.873. The third-order valence-corrected chi connectivity index (χ3v) is 4.16. The average Bonchev–Trinajstić information content (AvgIpc) is 2.96. The summed E-state index contributed by atoms with van der Waals surface area (Å²) in [5.74, 6) is 0.857. The molecule has 5 heteroatoms. The van der Waals surface area contributed by atoms with E-state index in [0.717, 1.165) is 19.3 Å². The van der Waals surface area contributed by atoms with Crippen molar-refractivity contribution in [2.24, 2.45) is 17.6 Å². The van der Waals surface area contributed by atoms with E-state index in [1.807, 2.05) is 0 Å². The minimum absolute atomic E-state index is 0.0609. The number of likely N-dealkylation sites (N-methyl/N-ethyl adjacent to an activating group) is 1. The average molecular weight is 294 g/mol. The van der Waals surface area contributed by atoms with Crippen LogP contribution in [0.15, 0.2) is 24.3 Å². The molecule has 1 fully saturated rings. The molecule has 2 atom stereocenters. The summed E-state index contributed by atoms with van der Waals surface area (Å²) in [6, 6.07) is 5.88. The molecule has 1 aliphatic rings. The maximum atomic E-state index is 12.8.